The van der Waals surface area contributed by atoms with E-state index in [2.05, 4.69) is 229 Å². The van der Waals surface area contributed by atoms with Crippen molar-refractivity contribution in [1.29, 1.82) is 0 Å². The van der Waals surface area contributed by atoms with E-state index in [0.29, 0.717) is 17.5 Å². The van der Waals surface area contributed by atoms with E-state index in [4.69, 9.17) is 23.8 Å². The number of fused-ring (bicyclic) bond motifs is 12. The monoisotopic (exact) mass is 1060 g/mol. The van der Waals surface area contributed by atoms with Crippen LogP contribution in [0.15, 0.2) is 276 Å². The molecule has 82 heavy (non-hydrogen) atoms. The Morgan fingerprint density at radius 3 is 1.56 bits per heavy atom. The van der Waals surface area contributed by atoms with Crippen LogP contribution in [0.4, 0.5) is 0 Å². The maximum Gasteiger partial charge on any atom is 0.164 e. The molecule has 12 aromatic carbocycles. The Morgan fingerprint density at radius 2 is 0.793 bits per heavy atom. The number of hydrogen-bond donors (Lipinski definition) is 0. The molecule has 0 radical (unpaired) electrons. The molecular weight excluding hydrogens is 1020 g/mol. The molecule has 0 aliphatic rings. The Bertz CT molecular complexity index is 5420. The van der Waals surface area contributed by atoms with Crippen LogP contribution in [0.3, 0.4) is 0 Å². The quantitative estimate of drug-likeness (QED) is 0.152. The molecule has 17 aromatic rings. The maximum atomic E-state index is 6.74. The molecule has 0 spiro atoms. The maximum absolute atomic E-state index is 6.74. The lowest BCUT2D eigenvalue weighted by Gasteiger charge is -2.10. The largest absolute Gasteiger partial charge is 0.456 e. The third kappa shape index (κ3) is 7.52. The minimum absolute atomic E-state index is 0.547. The summed E-state index contributed by atoms with van der Waals surface area (Å²) in [4.78, 5) is 15.7. The molecular formula is C75H44N4O2S. The Kier molecular flexibility index (Phi) is 10.4. The summed E-state index contributed by atoms with van der Waals surface area (Å²) in [5, 5.41) is 9.03. The minimum Gasteiger partial charge on any atom is -0.456 e. The molecule has 0 amide bonds. The summed E-state index contributed by atoms with van der Waals surface area (Å²) in [6.07, 6.45) is 0. The second-order valence-electron chi connectivity index (χ2n) is 21.0. The van der Waals surface area contributed by atoms with Crippen molar-refractivity contribution in [3.63, 3.8) is 0 Å². The van der Waals surface area contributed by atoms with E-state index in [9.17, 15) is 0 Å². The van der Waals surface area contributed by atoms with Crippen LogP contribution in [0, 0.1) is 0 Å². The molecule has 5 aromatic heterocycles. The van der Waals surface area contributed by atoms with Gasteiger partial charge in [0.05, 0.1) is 11.0 Å². The van der Waals surface area contributed by atoms with Gasteiger partial charge in [-0.3, -0.25) is 0 Å². The molecule has 0 atom stereocenters. The van der Waals surface area contributed by atoms with Gasteiger partial charge in [-0.05, 0) is 142 Å². The van der Waals surface area contributed by atoms with Crippen LogP contribution in [0.2, 0.25) is 0 Å². The summed E-state index contributed by atoms with van der Waals surface area (Å²) in [7, 11) is 0. The molecule has 0 bridgehead atoms. The average Bonchev–Trinajstić information content (AvgIpc) is 4.33. The lowest BCUT2D eigenvalue weighted by Crippen LogP contribution is -2.00. The zero-order chi connectivity index (χ0) is 53.8. The van der Waals surface area contributed by atoms with Gasteiger partial charge >= 0.3 is 0 Å². The zero-order valence-corrected chi connectivity index (χ0v) is 44.7. The number of nitrogens with zero attached hydrogens (tertiary/aromatic N) is 4. The van der Waals surface area contributed by atoms with E-state index in [1.54, 1.807) is 0 Å². The van der Waals surface area contributed by atoms with Gasteiger partial charge in [0.1, 0.15) is 22.3 Å². The summed E-state index contributed by atoms with van der Waals surface area (Å²) in [6.45, 7) is 0. The number of furan rings is 2. The van der Waals surface area contributed by atoms with E-state index in [-0.39, 0.29) is 0 Å². The first-order valence-corrected chi connectivity index (χ1v) is 28.4. The van der Waals surface area contributed by atoms with Crippen LogP contribution in [0.1, 0.15) is 0 Å². The number of para-hydroxylation sites is 2. The Labute approximate surface area is 474 Å². The van der Waals surface area contributed by atoms with Crippen LogP contribution in [-0.2, 0) is 0 Å². The summed E-state index contributed by atoms with van der Waals surface area (Å²) in [6, 6.07) is 94.7. The lowest BCUT2D eigenvalue weighted by molar-refractivity contribution is 0.668. The van der Waals surface area contributed by atoms with Crippen LogP contribution in [0.5, 0.6) is 0 Å². The fraction of sp³-hybridized carbons (Fsp3) is 0. The summed E-state index contributed by atoms with van der Waals surface area (Å²) < 4.78 is 18.3. The second-order valence-corrected chi connectivity index (χ2v) is 22.1. The molecule has 0 saturated heterocycles. The third-order valence-electron chi connectivity index (χ3n) is 16.3. The van der Waals surface area contributed by atoms with Crippen molar-refractivity contribution in [2.75, 3.05) is 0 Å². The highest BCUT2D eigenvalue weighted by Gasteiger charge is 2.21. The number of aromatic nitrogens is 4. The smallest absolute Gasteiger partial charge is 0.164 e. The first-order chi connectivity index (χ1) is 40.6. The highest BCUT2D eigenvalue weighted by molar-refractivity contribution is 7.26. The first-order valence-electron chi connectivity index (χ1n) is 27.5. The highest BCUT2D eigenvalue weighted by atomic mass is 32.1. The lowest BCUT2D eigenvalue weighted by atomic mass is 9.95. The second kappa shape index (κ2) is 18.4. The van der Waals surface area contributed by atoms with Gasteiger partial charge in [-0.15, -0.1) is 11.3 Å². The van der Waals surface area contributed by atoms with Crippen molar-refractivity contribution in [3.8, 4) is 84.4 Å². The van der Waals surface area contributed by atoms with E-state index in [0.717, 1.165) is 94.1 Å². The third-order valence-corrected chi connectivity index (χ3v) is 17.4. The van der Waals surface area contributed by atoms with E-state index in [1.807, 2.05) is 53.8 Å². The molecule has 5 heterocycles. The van der Waals surface area contributed by atoms with Gasteiger partial charge in [0.2, 0.25) is 0 Å². The molecule has 0 N–H and O–H groups in total. The number of benzene rings is 12. The number of hydrogen-bond acceptors (Lipinski definition) is 6. The molecule has 382 valence electrons. The fourth-order valence-corrected chi connectivity index (χ4v) is 13.5. The van der Waals surface area contributed by atoms with Gasteiger partial charge in [-0.2, -0.15) is 0 Å². The van der Waals surface area contributed by atoms with Crippen molar-refractivity contribution >= 4 is 97.2 Å². The minimum atomic E-state index is 0.547. The normalized spacial score (nSPS) is 11.9. The number of rotatable bonds is 8. The van der Waals surface area contributed by atoms with Gasteiger partial charge in [0.25, 0.3) is 0 Å². The Hall–Kier alpha value is -10.7. The SMILES string of the molecule is c1ccc(-c2nc(-c3ccc4c(c3)oc3cc(-c5cccc6sc7ccccc7c56)ccc34)nc(-c3cccc4oc5ccc(-c6cccc(-c7cccc(-c8ccc9c(c8)c8ccccc8n9-c8ccccc8)c7)c6)cc5c34)n2)cc1. The van der Waals surface area contributed by atoms with Gasteiger partial charge in [-0.25, -0.2) is 15.0 Å². The topological polar surface area (TPSA) is 69.9 Å². The summed E-state index contributed by atoms with van der Waals surface area (Å²) in [5.41, 5.74) is 18.4. The van der Waals surface area contributed by atoms with Gasteiger partial charge < -0.3 is 13.4 Å². The van der Waals surface area contributed by atoms with E-state index < -0.39 is 0 Å². The molecule has 17 rings (SSSR count). The van der Waals surface area contributed by atoms with E-state index in [1.165, 1.54) is 58.7 Å². The highest BCUT2D eigenvalue weighted by Crippen LogP contribution is 2.44. The predicted molar refractivity (Wildman–Crippen MR) is 340 cm³/mol. The molecule has 7 heteroatoms. The van der Waals surface area contributed by atoms with Crippen molar-refractivity contribution < 1.29 is 8.83 Å². The first kappa shape index (κ1) is 46.2. The van der Waals surface area contributed by atoms with Crippen LogP contribution in [0.25, 0.3) is 170 Å². The van der Waals surface area contributed by atoms with Gasteiger partial charge in [0, 0.05) is 74.9 Å². The molecule has 6 nitrogen and oxygen atoms in total. The molecule has 0 aliphatic heterocycles. The average molecular weight is 1070 g/mol. The molecule has 0 unspecified atom stereocenters. The van der Waals surface area contributed by atoms with E-state index >= 15 is 0 Å². The molecule has 0 fully saturated rings. The Morgan fingerprint density at radius 1 is 0.268 bits per heavy atom. The fourth-order valence-electron chi connectivity index (χ4n) is 12.4. The van der Waals surface area contributed by atoms with Gasteiger partial charge in [0.15, 0.2) is 17.5 Å². The zero-order valence-electron chi connectivity index (χ0n) is 43.9. The van der Waals surface area contributed by atoms with Crippen LogP contribution >= 0.6 is 11.3 Å². The van der Waals surface area contributed by atoms with Crippen LogP contribution in [-0.4, -0.2) is 19.5 Å². The summed E-state index contributed by atoms with van der Waals surface area (Å²) in [5.74, 6) is 1.67. The predicted octanol–water partition coefficient (Wildman–Crippen LogP) is 20.8. The molecule has 0 saturated carbocycles. The van der Waals surface area contributed by atoms with Crippen LogP contribution < -0.4 is 0 Å². The number of thiophene rings is 1. The van der Waals surface area contributed by atoms with Crippen molar-refractivity contribution in [1.82, 2.24) is 19.5 Å². The van der Waals surface area contributed by atoms with Crippen molar-refractivity contribution in [3.05, 3.63) is 267 Å². The van der Waals surface area contributed by atoms with Gasteiger partial charge in [-0.1, -0.05) is 170 Å². The summed E-state index contributed by atoms with van der Waals surface area (Å²) >= 11 is 1.83. The Balaban J connectivity index is 0.734. The standard InChI is InChI=1S/C75H44N4O2S/c1-3-15-45(16-4-1)73-76-74(53-32-36-58-57-35-31-52(43-67(57)81-68(58)44-53)55-25-14-30-70-72(55)59-24-8-10-29-69(59)82-70)78-75(77-73)60-26-13-28-66-71(60)62-42-51(34-38-65(62)80-66)49-20-12-18-47(40-49)46-17-11-19-48(39-46)50-33-37-64-61(41-50)56-23-7-9-27-63(56)79(64)54-21-5-2-6-22-54/h1-44H. The van der Waals surface area contributed by atoms with Crippen molar-refractivity contribution in [2.45, 2.75) is 0 Å². The molecule has 0 aliphatic carbocycles. The van der Waals surface area contributed by atoms with Crippen molar-refractivity contribution in [2.24, 2.45) is 0 Å².